The summed E-state index contributed by atoms with van der Waals surface area (Å²) in [6.07, 6.45) is 1.40. The van der Waals surface area contributed by atoms with E-state index in [0.29, 0.717) is 47.6 Å². The Hall–Kier alpha value is -2.29. The molecule has 0 aliphatic rings. The molecule has 164 valence electrons. The predicted molar refractivity (Wildman–Crippen MR) is 117 cm³/mol. The van der Waals surface area contributed by atoms with Crippen molar-refractivity contribution in [3.63, 3.8) is 0 Å². The Kier molecular flexibility index (Phi) is 8.52. The first kappa shape index (κ1) is 24.0. The molecule has 0 aromatic heterocycles. The Bertz CT molecular complexity index is 976. The van der Waals surface area contributed by atoms with Crippen LogP contribution in [0.15, 0.2) is 41.3 Å². The Morgan fingerprint density at radius 1 is 1.20 bits per heavy atom. The fourth-order valence-corrected chi connectivity index (χ4v) is 3.44. The molecule has 2 aromatic carbocycles. The lowest BCUT2D eigenvalue weighted by Gasteiger charge is -2.15. The summed E-state index contributed by atoms with van der Waals surface area (Å²) < 4.78 is 33.6. The number of nitrogens with one attached hydrogen (secondary N) is 1. The van der Waals surface area contributed by atoms with Crippen molar-refractivity contribution in [1.82, 2.24) is 5.32 Å². The molecule has 2 aromatic rings. The number of benzene rings is 2. The third-order valence-corrected chi connectivity index (χ3v) is 5.59. The number of hydrogen-bond donors (Lipinski definition) is 2. The van der Waals surface area contributed by atoms with Gasteiger partial charge in [0.15, 0.2) is 11.5 Å². The molecule has 9 heteroatoms. The number of hydrogen-bond acceptors (Lipinski definition) is 5. The van der Waals surface area contributed by atoms with Crippen LogP contribution in [-0.2, 0) is 16.4 Å². The van der Waals surface area contributed by atoms with E-state index in [0.717, 1.165) is 12.0 Å². The van der Waals surface area contributed by atoms with Gasteiger partial charge in [0.2, 0.25) is 10.0 Å². The maximum atomic E-state index is 12.5. The molecule has 0 atom stereocenters. The first-order chi connectivity index (χ1) is 14.1. The summed E-state index contributed by atoms with van der Waals surface area (Å²) in [5.41, 5.74) is 1.23. The third-order valence-electron chi connectivity index (χ3n) is 4.38. The first-order valence-corrected chi connectivity index (χ1v) is 11.4. The summed E-state index contributed by atoms with van der Waals surface area (Å²) in [6, 6.07) is 9.34. The molecule has 2 rings (SSSR count). The minimum atomic E-state index is -3.72. The average molecular weight is 455 g/mol. The van der Waals surface area contributed by atoms with E-state index in [1.165, 1.54) is 19.2 Å². The van der Waals surface area contributed by atoms with E-state index in [2.05, 4.69) is 19.2 Å². The van der Waals surface area contributed by atoms with E-state index in [1.807, 2.05) is 0 Å². The third kappa shape index (κ3) is 6.90. The van der Waals surface area contributed by atoms with Crippen LogP contribution < -0.4 is 19.9 Å². The monoisotopic (exact) mass is 454 g/mol. The lowest BCUT2D eigenvalue weighted by molar-refractivity contribution is 0.0953. The summed E-state index contributed by atoms with van der Waals surface area (Å²) in [7, 11) is -2.22. The zero-order valence-corrected chi connectivity index (χ0v) is 18.8. The number of amides is 1. The smallest absolute Gasteiger partial charge is 0.251 e. The highest BCUT2D eigenvalue weighted by molar-refractivity contribution is 7.89. The molecule has 0 aliphatic heterocycles. The Morgan fingerprint density at radius 3 is 2.43 bits per heavy atom. The second kappa shape index (κ2) is 10.7. The van der Waals surface area contributed by atoms with Gasteiger partial charge < -0.3 is 14.8 Å². The van der Waals surface area contributed by atoms with Gasteiger partial charge in [-0.2, -0.15) is 0 Å². The Labute approximate surface area is 182 Å². The lowest BCUT2D eigenvalue weighted by atomic mass is 10.1. The van der Waals surface area contributed by atoms with Gasteiger partial charge in [-0.05, 0) is 48.6 Å². The molecule has 0 radical (unpaired) electrons. The van der Waals surface area contributed by atoms with E-state index in [9.17, 15) is 13.2 Å². The van der Waals surface area contributed by atoms with Crippen molar-refractivity contribution in [2.75, 3.05) is 20.3 Å². The van der Waals surface area contributed by atoms with Crippen molar-refractivity contribution < 1.29 is 22.7 Å². The van der Waals surface area contributed by atoms with Gasteiger partial charge in [-0.3, -0.25) is 4.79 Å². The number of primary sulfonamides is 1. The fourth-order valence-electron chi connectivity index (χ4n) is 2.66. The number of methoxy groups -OCH3 is 1. The maximum Gasteiger partial charge on any atom is 0.251 e. The fraction of sp³-hybridized carbons (Fsp3) is 0.381. The van der Waals surface area contributed by atoms with Crippen molar-refractivity contribution >= 4 is 27.5 Å². The number of carbonyl (C=O) groups excluding carboxylic acids is 1. The summed E-state index contributed by atoms with van der Waals surface area (Å²) in [5.74, 6) is 1.02. The van der Waals surface area contributed by atoms with Crippen molar-refractivity contribution in [2.45, 2.75) is 31.6 Å². The zero-order valence-electron chi connectivity index (χ0n) is 17.3. The molecule has 7 nitrogen and oxygen atoms in total. The van der Waals surface area contributed by atoms with Gasteiger partial charge in [-0.15, -0.1) is 0 Å². The lowest BCUT2D eigenvalue weighted by Crippen LogP contribution is -2.25. The highest BCUT2D eigenvalue weighted by Gasteiger charge is 2.16. The van der Waals surface area contributed by atoms with Crippen LogP contribution in [0.5, 0.6) is 11.5 Å². The second-order valence-electron chi connectivity index (χ2n) is 7.22. The molecule has 0 heterocycles. The Morgan fingerprint density at radius 2 is 1.87 bits per heavy atom. The highest BCUT2D eigenvalue weighted by Crippen LogP contribution is 2.36. The SMILES string of the molecule is COc1cc(C(=O)NCCc2ccc(S(N)(=O)=O)cc2)cc(Cl)c1OCCC(C)C. The van der Waals surface area contributed by atoms with E-state index in [-0.39, 0.29) is 10.8 Å². The molecule has 0 saturated heterocycles. The molecule has 3 N–H and O–H groups in total. The molecular weight excluding hydrogens is 428 g/mol. The van der Waals surface area contributed by atoms with Gasteiger partial charge in [0.1, 0.15) is 0 Å². The van der Waals surface area contributed by atoms with Gasteiger partial charge in [0.25, 0.3) is 5.91 Å². The average Bonchev–Trinajstić information content (AvgIpc) is 2.68. The molecule has 0 bridgehead atoms. The van der Waals surface area contributed by atoms with E-state index >= 15 is 0 Å². The number of ether oxygens (including phenoxy) is 2. The number of sulfonamides is 1. The minimum absolute atomic E-state index is 0.0488. The second-order valence-corrected chi connectivity index (χ2v) is 9.18. The van der Waals surface area contributed by atoms with Crippen molar-refractivity contribution in [3.8, 4) is 11.5 Å². The van der Waals surface area contributed by atoms with Gasteiger partial charge >= 0.3 is 0 Å². The molecule has 1 amide bonds. The first-order valence-electron chi connectivity index (χ1n) is 9.52. The summed E-state index contributed by atoms with van der Waals surface area (Å²) in [6.45, 7) is 5.07. The predicted octanol–water partition coefficient (Wildman–Crippen LogP) is 3.39. The zero-order chi connectivity index (χ0) is 22.3. The number of carbonyl (C=O) groups is 1. The largest absolute Gasteiger partial charge is 0.493 e. The van der Waals surface area contributed by atoms with Crippen LogP contribution in [0, 0.1) is 5.92 Å². The summed E-state index contributed by atoms with van der Waals surface area (Å²) >= 11 is 6.31. The van der Waals surface area contributed by atoms with Crippen molar-refractivity contribution in [2.24, 2.45) is 11.1 Å². The normalized spacial score (nSPS) is 11.4. The number of nitrogens with two attached hydrogens (primary N) is 1. The van der Waals surface area contributed by atoms with Gasteiger partial charge in [0.05, 0.1) is 23.6 Å². The molecule has 0 unspecified atom stereocenters. The van der Waals surface area contributed by atoms with E-state index < -0.39 is 10.0 Å². The van der Waals surface area contributed by atoms with Gasteiger partial charge in [0, 0.05) is 12.1 Å². The topological polar surface area (TPSA) is 108 Å². The highest BCUT2D eigenvalue weighted by atomic mass is 35.5. The molecule has 0 fully saturated rings. The maximum absolute atomic E-state index is 12.5. The minimum Gasteiger partial charge on any atom is -0.493 e. The quantitative estimate of drug-likeness (QED) is 0.572. The molecular formula is C21H27ClN2O5S. The molecule has 0 spiro atoms. The summed E-state index contributed by atoms with van der Waals surface area (Å²) in [4.78, 5) is 12.5. The number of rotatable bonds is 10. The standard InChI is InChI=1S/C21H27ClN2O5S/c1-14(2)9-11-29-20-18(22)12-16(13-19(20)28-3)21(25)24-10-8-15-4-6-17(7-5-15)30(23,26)27/h4-7,12-14H,8-11H2,1-3H3,(H,24,25)(H2,23,26,27). The number of halogens is 1. The van der Waals surface area contributed by atoms with E-state index in [1.54, 1.807) is 24.3 Å². The van der Waals surface area contributed by atoms with Crippen LogP contribution >= 0.6 is 11.6 Å². The van der Waals surface area contributed by atoms with Crippen LogP contribution in [0.2, 0.25) is 5.02 Å². The van der Waals surface area contributed by atoms with Crippen LogP contribution in [0.25, 0.3) is 0 Å². The summed E-state index contributed by atoms with van der Waals surface area (Å²) in [5, 5.41) is 8.20. The van der Waals surface area contributed by atoms with Crippen LogP contribution in [0.4, 0.5) is 0 Å². The van der Waals surface area contributed by atoms with Gasteiger partial charge in [-0.1, -0.05) is 37.6 Å². The molecule has 0 aliphatic carbocycles. The Balaban J connectivity index is 1.98. The molecule has 0 saturated carbocycles. The molecule has 30 heavy (non-hydrogen) atoms. The van der Waals surface area contributed by atoms with E-state index in [4.69, 9.17) is 26.2 Å². The van der Waals surface area contributed by atoms with Crippen molar-refractivity contribution in [3.05, 3.63) is 52.5 Å². The van der Waals surface area contributed by atoms with Crippen LogP contribution in [-0.4, -0.2) is 34.6 Å². The van der Waals surface area contributed by atoms with Crippen molar-refractivity contribution in [1.29, 1.82) is 0 Å². The van der Waals surface area contributed by atoms with Crippen LogP contribution in [0.3, 0.4) is 0 Å². The van der Waals surface area contributed by atoms with Gasteiger partial charge in [-0.25, -0.2) is 13.6 Å². The van der Waals surface area contributed by atoms with Crippen LogP contribution in [0.1, 0.15) is 36.2 Å².